The molecular formula is C16H15ClN2O3. The Morgan fingerprint density at radius 3 is 2.86 bits per heavy atom. The summed E-state index contributed by atoms with van der Waals surface area (Å²) in [7, 11) is 0. The van der Waals surface area contributed by atoms with E-state index in [0.717, 1.165) is 0 Å². The highest BCUT2D eigenvalue weighted by Crippen LogP contribution is 2.36. The summed E-state index contributed by atoms with van der Waals surface area (Å²) in [5.41, 5.74) is 1.67. The highest BCUT2D eigenvalue weighted by molar-refractivity contribution is 6.31. The van der Waals surface area contributed by atoms with E-state index in [9.17, 15) is 9.90 Å². The molecule has 0 radical (unpaired) electrons. The zero-order valence-electron chi connectivity index (χ0n) is 11.9. The Kier molecular flexibility index (Phi) is 3.81. The normalized spacial score (nSPS) is 16.5. The lowest BCUT2D eigenvalue weighted by Crippen LogP contribution is -2.38. The standard InChI is InChI=1S/C16H15ClN2O3/c1-2-22-13-5-3-4-11(14(13)20)15-18-12-8-9(17)6-7-10(12)16(21)19-15/h3-8,15,18,20H,2H2,1H3,(H,19,21)/t15-/m0/s1. The number of amides is 1. The second-order valence-electron chi connectivity index (χ2n) is 4.87. The fourth-order valence-corrected chi connectivity index (χ4v) is 2.61. The van der Waals surface area contributed by atoms with Gasteiger partial charge in [0.15, 0.2) is 11.5 Å². The largest absolute Gasteiger partial charge is 0.504 e. The lowest BCUT2D eigenvalue weighted by molar-refractivity contribution is 0.0935. The maximum atomic E-state index is 12.2. The molecule has 1 aliphatic heterocycles. The first-order valence-electron chi connectivity index (χ1n) is 6.91. The molecule has 0 bridgehead atoms. The van der Waals surface area contributed by atoms with Crippen molar-refractivity contribution in [2.45, 2.75) is 13.1 Å². The van der Waals surface area contributed by atoms with Crippen molar-refractivity contribution in [2.24, 2.45) is 0 Å². The van der Waals surface area contributed by atoms with E-state index < -0.39 is 6.17 Å². The number of phenols is 1. The van der Waals surface area contributed by atoms with Gasteiger partial charge in [0.05, 0.1) is 17.9 Å². The van der Waals surface area contributed by atoms with Gasteiger partial charge in [0, 0.05) is 10.6 Å². The minimum Gasteiger partial charge on any atom is -0.504 e. The maximum Gasteiger partial charge on any atom is 0.255 e. The maximum absolute atomic E-state index is 12.2. The Labute approximate surface area is 132 Å². The molecule has 5 nitrogen and oxygen atoms in total. The summed E-state index contributed by atoms with van der Waals surface area (Å²) in [5.74, 6) is 0.164. The second kappa shape index (κ2) is 5.77. The van der Waals surface area contributed by atoms with Crippen LogP contribution in [0, 0.1) is 0 Å². The fourth-order valence-electron chi connectivity index (χ4n) is 2.43. The average molecular weight is 319 g/mol. The first kappa shape index (κ1) is 14.5. The van der Waals surface area contributed by atoms with Gasteiger partial charge in [-0.15, -0.1) is 0 Å². The average Bonchev–Trinajstić information content (AvgIpc) is 2.49. The van der Waals surface area contributed by atoms with E-state index in [1.54, 1.807) is 36.4 Å². The molecule has 2 aromatic carbocycles. The summed E-state index contributed by atoms with van der Waals surface area (Å²) in [6.45, 7) is 2.28. The van der Waals surface area contributed by atoms with Crippen LogP contribution >= 0.6 is 11.6 Å². The van der Waals surface area contributed by atoms with Crippen LogP contribution in [0.5, 0.6) is 11.5 Å². The van der Waals surface area contributed by atoms with Crippen LogP contribution in [0.25, 0.3) is 0 Å². The van der Waals surface area contributed by atoms with Gasteiger partial charge in [0.2, 0.25) is 0 Å². The van der Waals surface area contributed by atoms with Gasteiger partial charge in [0.1, 0.15) is 6.17 Å². The van der Waals surface area contributed by atoms with Crippen molar-refractivity contribution in [1.82, 2.24) is 5.32 Å². The monoisotopic (exact) mass is 318 g/mol. The van der Waals surface area contributed by atoms with E-state index in [-0.39, 0.29) is 11.7 Å². The van der Waals surface area contributed by atoms with Gasteiger partial charge in [-0.05, 0) is 31.2 Å². The van der Waals surface area contributed by atoms with E-state index >= 15 is 0 Å². The first-order valence-corrected chi connectivity index (χ1v) is 7.29. The minimum absolute atomic E-state index is 0.00706. The van der Waals surface area contributed by atoms with E-state index in [4.69, 9.17) is 16.3 Å². The molecule has 6 heteroatoms. The summed E-state index contributed by atoms with van der Waals surface area (Å²) < 4.78 is 5.37. The van der Waals surface area contributed by atoms with Crippen molar-refractivity contribution in [3.8, 4) is 11.5 Å². The van der Waals surface area contributed by atoms with Crippen LogP contribution in [0.2, 0.25) is 5.02 Å². The first-order chi connectivity index (χ1) is 10.6. The van der Waals surface area contributed by atoms with Gasteiger partial charge in [-0.2, -0.15) is 0 Å². The summed E-state index contributed by atoms with van der Waals surface area (Å²) in [4.78, 5) is 12.2. The number of carbonyl (C=O) groups excluding carboxylic acids is 1. The van der Waals surface area contributed by atoms with Crippen molar-refractivity contribution in [1.29, 1.82) is 0 Å². The molecule has 1 heterocycles. The Balaban J connectivity index is 1.98. The molecule has 114 valence electrons. The van der Waals surface area contributed by atoms with Gasteiger partial charge in [-0.1, -0.05) is 23.7 Å². The van der Waals surface area contributed by atoms with Crippen LogP contribution in [-0.4, -0.2) is 17.6 Å². The predicted molar refractivity (Wildman–Crippen MR) is 84.6 cm³/mol. The lowest BCUT2D eigenvalue weighted by Gasteiger charge is -2.29. The molecule has 0 saturated carbocycles. The Morgan fingerprint density at radius 1 is 1.27 bits per heavy atom. The zero-order valence-corrected chi connectivity index (χ0v) is 12.6. The van der Waals surface area contributed by atoms with Gasteiger partial charge < -0.3 is 20.5 Å². The molecule has 0 fully saturated rings. The van der Waals surface area contributed by atoms with Crippen LogP contribution in [0.4, 0.5) is 5.69 Å². The molecule has 1 atom stereocenters. The summed E-state index contributed by atoms with van der Waals surface area (Å²) in [6.07, 6.45) is -0.557. The molecule has 3 rings (SSSR count). The number of aromatic hydroxyl groups is 1. The number of halogens is 1. The molecule has 2 aromatic rings. The van der Waals surface area contributed by atoms with Crippen LogP contribution in [0.1, 0.15) is 29.0 Å². The van der Waals surface area contributed by atoms with Crippen LogP contribution in [0.15, 0.2) is 36.4 Å². The Bertz CT molecular complexity index is 733. The molecule has 1 amide bonds. The number of carbonyl (C=O) groups is 1. The number of ether oxygens (including phenoxy) is 1. The Hall–Kier alpha value is -2.40. The topological polar surface area (TPSA) is 70.6 Å². The second-order valence-corrected chi connectivity index (χ2v) is 5.30. The highest BCUT2D eigenvalue weighted by Gasteiger charge is 2.27. The van der Waals surface area contributed by atoms with E-state index in [1.807, 2.05) is 6.92 Å². The van der Waals surface area contributed by atoms with E-state index in [0.29, 0.717) is 34.2 Å². The number of nitrogens with one attached hydrogen (secondary N) is 2. The number of phenolic OH excluding ortho intramolecular Hbond substituents is 1. The summed E-state index contributed by atoms with van der Waals surface area (Å²) >= 11 is 5.97. The molecule has 0 aliphatic carbocycles. The third-order valence-electron chi connectivity index (χ3n) is 3.44. The van der Waals surface area contributed by atoms with Gasteiger partial charge in [-0.25, -0.2) is 0 Å². The zero-order chi connectivity index (χ0) is 15.7. The summed E-state index contributed by atoms with van der Waals surface area (Å²) in [5, 5.41) is 16.8. The van der Waals surface area contributed by atoms with E-state index in [2.05, 4.69) is 10.6 Å². The molecule has 3 N–H and O–H groups in total. The van der Waals surface area contributed by atoms with E-state index in [1.165, 1.54) is 0 Å². The molecule has 0 aromatic heterocycles. The van der Waals surface area contributed by atoms with Crippen LogP contribution in [-0.2, 0) is 0 Å². The molecule has 0 unspecified atom stereocenters. The quantitative estimate of drug-likeness (QED) is 0.812. The number of benzene rings is 2. The number of fused-ring (bicyclic) bond motifs is 1. The number of hydrogen-bond acceptors (Lipinski definition) is 4. The fraction of sp³-hybridized carbons (Fsp3) is 0.188. The SMILES string of the molecule is CCOc1cccc([C@@H]2NC(=O)c3ccc(Cl)cc3N2)c1O. The van der Waals surface area contributed by atoms with Crippen molar-refractivity contribution in [3.05, 3.63) is 52.5 Å². The third-order valence-corrected chi connectivity index (χ3v) is 3.68. The number of anilines is 1. The lowest BCUT2D eigenvalue weighted by atomic mass is 10.0. The molecule has 0 saturated heterocycles. The number of rotatable bonds is 3. The van der Waals surface area contributed by atoms with Gasteiger partial charge in [0.25, 0.3) is 5.91 Å². The van der Waals surface area contributed by atoms with Crippen molar-refractivity contribution in [2.75, 3.05) is 11.9 Å². The van der Waals surface area contributed by atoms with Gasteiger partial charge in [-0.3, -0.25) is 4.79 Å². The van der Waals surface area contributed by atoms with Crippen molar-refractivity contribution >= 4 is 23.2 Å². The summed E-state index contributed by atoms with van der Waals surface area (Å²) in [6, 6.07) is 10.2. The van der Waals surface area contributed by atoms with Crippen molar-refractivity contribution < 1.29 is 14.6 Å². The Morgan fingerprint density at radius 2 is 2.09 bits per heavy atom. The van der Waals surface area contributed by atoms with Crippen molar-refractivity contribution in [3.63, 3.8) is 0 Å². The number of hydrogen-bond donors (Lipinski definition) is 3. The third kappa shape index (κ3) is 2.55. The highest BCUT2D eigenvalue weighted by atomic mass is 35.5. The van der Waals surface area contributed by atoms with Crippen LogP contribution in [0.3, 0.4) is 0 Å². The van der Waals surface area contributed by atoms with Crippen LogP contribution < -0.4 is 15.4 Å². The number of para-hydroxylation sites is 1. The molecular weight excluding hydrogens is 304 g/mol. The molecule has 22 heavy (non-hydrogen) atoms. The minimum atomic E-state index is -0.557. The predicted octanol–water partition coefficient (Wildman–Crippen LogP) is 3.30. The smallest absolute Gasteiger partial charge is 0.255 e. The molecule has 1 aliphatic rings. The molecule has 0 spiro atoms. The van der Waals surface area contributed by atoms with Gasteiger partial charge >= 0.3 is 0 Å².